The Balaban J connectivity index is 0.799. The van der Waals surface area contributed by atoms with Crippen molar-refractivity contribution < 1.29 is 33.4 Å². The second kappa shape index (κ2) is 19.0. The molecule has 16 heteroatoms. The molecule has 1 aliphatic carbocycles. The van der Waals surface area contributed by atoms with Gasteiger partial charge in [0.25, 0.3) is 11.8 Å². The predicted molar refractivity (Wildman–Crippen MR) is 249 cm³/mol. The maximum Gasteiger partial charge on any atom is 0.336 e. The summed E-state index contributed by atoms with van der Waals surface area (Å²) in [5.74, 6) is -1.20. The van der Waals surface area contributed by atoms with Gasteiger partial charge < -0.3 is 38.9 Å². The van der Waals surface area contributed by atoms with E-state index in [9.17, 15) is 19.5 Å². The summed E-state index contributed by atoms with van der Waals surface area (Å²) in [5, 5.41) is 26.4. The van der Waals surface area contributed by atoms with Crippen LogP contribution in [0.15, 0.2) is 108 Å². The van der Waals surface area contributed by atoms with E-state index in [2.05, 4.69) is 25.9 Å². The number of aromatic nitrogens is 5. The van der Waals surface area contributed by atoms with Gasteiger partial charge in [-0.05, 0) is 74.0 Å². The summed E-state index contributed by atoms with van der Waals surface area (Å²) in [6, 6.07) is 27.5. The largest absolute Gasteiger partial charge is 0.478 e. The minimum Gasteiger partial charge on any atom is -0.478 e. The summed E-state index contributed by atoms with van der Waals surface area (Å²) in [6.45, 7) is 5.86. The average Bonchev–Trinajstić information content (AvgIpc) is 3.95. The number of amides is 2. The number of aromatic carboxylic acids is 1. The number of fused-ring (bicyclic) bond motifs is 3. The van der Waals surface area contributed by atoms with Gasteiger partial charge in [0.05, 0.1) is 56.4 Å². The van der Waals surface area contributed by atoms with Crippen LogP contribution in [0.1, 0.15) is 42.5 Å². The van der Waals surface area contributed by atoms with Crippen molar-refractivity contribution in [2.24, 2.45) is 0 Å². The summed E-state index contributed by atoms with van der Waals surface area (Å²) in [7, 11) is 7.78. The fourth-order valence-corrected chi connectivity index (χ4v) is 7.65. The molecule has 0 atom stereocenters. The third kappa shape index (κ3) is 9.63. The summed E-state index contributed by atoms with van der Waals surface area (Å²) in [6.07, 6.45) is 3.68. The number of carbonyl (C=O) groups excluding carboxylic acids is 2. The summed E-state index contributed by atoms with van der Waals surface area (Å²) >= 11 is 0. The molecule has 65 heavy (non-hydrogen) atoms. The fraction of sp³-hybridized carbons (Fsp3) is 0.245. The van der Waals surface area contributed by atoms with E-state index in [1.165, 1.54) is 6.07 Å². The number of ether oxygens (including phenoxy) is 2. The number of nitrogens with zero attached hydrogens (tertiary/aromatic N) is 7. The quantitative estimate of drug-likeness (QED) is 0.0568. The van der Waals surface area contributed by atoms with Crippen molar-refractivity contribution in [1.82, 2.24) is 34.3 Å². The van der Waals surface area contributed by atoms with Crippen LogP contribution in [0.5, 0.6) is 0 Å². The molecule has 0 fully saturated rings. The number of benzene rings is 4. The van der Waals surface area contributed by atoms with Gasteiger partial charge in [0.2, 0.25) is 5.36 Å². The molecule has 3 aromatic heterocycles. The molecule has 2 aliphatic rings. The van der Waals surface area contributed by atoms with Gasteiger partial charge in [-0.1, -0.05) is 23.4 Å². The lowest BCUT2D eigenvalue weighted by Crippen LogP contribution is -2.28. The smallest absolute Gasteiger partial charge is 0.336 e. The normalized spacial score (nSPS) is 11.4. The Hall–Kier alpha value is -7.69. The molecule has 4 heterocycles. The van der Waals surface area contributed by atoms with E-state index in [0.29, 0.717) is 71.4 Å². The number of rotatable bonds is 16. The highest BCUT2D eigenvalue weighted by molar-refractivity contribution is 6.10. The van der Waals surface area contributed by atoms with Gasteiger partial charge in [-0.25, -0.2) is 19.0 Å². The lowest BCUT2D eigenvalue weighted by atomic mass is 9.89. The highest BCUT2D eigenvalue weighted by Gasteiger charge is 2.24. The van der Waals surface area contributed by atoms with Gasteiger partial charge in [-0.3, -0.25) is 9.59 Å². The first-order valence-corrected chi connectivity index (χ1v) is 21.1. The van der Waals surface area contributed by atoms with Crippen molar-refractivity contribution in [2.75, 3.05) is 71.4 Å². The molecule has 332 valence electrons. The number of carboxylic acids is 1. The number of carboxylic acid groups (broad SMARTS) is 1. The van der Waals surface area contributed by atoms with Crippen molar-refractivity contribution in [1.29, 1.82) is 0 Å². The van der Waals surface area contributed by atoms with Crippen molar-refractivity contribution in [3.63, 3.8) is 0 Å². The maximum atomic E-state index is 13.2. The predicted octanol–water partition coefficient (Wildman–Crippen LogP) is 6.24. The fourth-order valence-electron chi connectivity index (χ4n) is 7.65. The minimum absolute atomic E-state index is 0.00203. The lowest BCUT2D eigenvalue weighted by Gasteiger charge is -2.19. The zero-order valence-electron chi connectivity index (χ0n) is 37.1. The third-order valence-electron chi connectivity index (χ3n) is 11.0. The van der Waals surface area contributed by atoms with Crippen LogP contribution in [-0.2, 0) is 16.0 Å². The van der Waals surface area contributed by atoms with Crippen LogP contribution in [0.2, 0.25) is 0 Å². The molecular weight excluding hydrogens is 827 g/mol. The van der Waals surface area contributed by atoms with E-state index in [0.717, 1.165) is 38.9 Å². The van der Waals surface area contributed by atoms with Crippen LogP contribution in [-0.4, -0.2) is 108 Å². The van der Waals surface area contributed by atoms with E-state index < -0.39 is 11.9 Å². The van der Waals surface area contributed by atoms with E-state index in [1.54, 1.807) is 22.9 Å². The molecule has 1 aliphatic heterocycles. The average molecular weight is 877 g/mol. The van der Waals surface area contributed by atoms with Gasteiger partial charge in [0, 0.05) is 89.4 Å². The Labute approximate surface area is 374 Å². The molecule has 16 nitrogen and oxygen atoms in total. The van der Waals surface area contributed by atoms with Crippen LogP contribution in [0, 0.1) is 13.8 Å². The Kier molecular flexibility index (Phi) is 12.8. The highest BCUT2D eigenvalue weighted by atomic mass is 16.5. The first-order chi connectivity index (χ1) is 31.3. The second-order valence-corrected chi connectivity index (χ2v) is 16.0. The number of anilines is 2. The molecule has 0 bridgehead atoms. The van der Waals surface area contributed by atoms with Crippen LogP contribution in [0.4, 0.5) is 11.4 Å². The molecule has 8 rings (SSSR count). The number of hydrogen-bond acceptors (Lipinski definition) is 10. The highest BCUT2D eigenvalue weighted by Crippen LogP contribution is 2.42. The topological polar surface area (TPSA) is 181 Å². The van der Waals surface area contributed by atoms with Crippen LogP contribution >= 0.6 is 0 Å². The molecule has 2 amide bonds. The van der Waals surface area contributed by atoms with E-state index in [1.807, 2.05) is 135 Å². The van der Waals surface area contributed by atoms with Crippen molar-refractivity contribution in [2.45, 2.75) is 20.4 Å². The van der Waals surface area contributed by atoms with Gasteiger partial charge >= 0.3 is 5.97 Å². The Bertz CT molecular complexity index is 3110. The van der Waals surface area contributed by atoms with Crippen molar-refractivity contribution in [3.8, 4) is 33.7 Å². The van der Waals surface area contributed by atoms with Crippen LogP contribution < -0.4 is 25.5 Å². The third-order valence-corrected chi connectivity index (χ3v) is 11.0. The Morgan fingerprint density at radius 1 is 0.831 bits per heavy atom. The lowest BCUT2D eigenvalue weighted by molar-refractivity contribution is 0.0444. The zero-order valence-corrected chi connectivity index (χ0v) is 37.1. The number of carbonyl (C=O) groups is 3. The van der Waals surface area contributed by atoms with Gasteiger partial charge in [-0.2, -0.15) is 0 Å². The second-order valence-electron chi connectivity index (χ2n) is 16.0. The summed E-state index contributed by atoms with van der Waals surface area (Å²) in [4.78, 5) is 45.6. The van der Waals surface area contributed by atoms with Crippen molar-refractivity contribution in [3.05, 3.63) is 137 Å². The Morgan fingerprint density at radius 3 is 2.35 bits per heavy atom. The monoisotopic (exact) mass is 876 g/mol. The number of hydrogen-bond donors (Lipinski definition) is 3. The molecule has 6 aromatic rings. The first-order valence-electron chi connectivity index (χ1n) is 21.1. The minimum atomic E-state index is -1.15. The molecule has 0 saturated carbocycles. The molecule has 0 radical (unpaired) electrons. The molecule has 3 aromatic carbocycles. The van der Waals surface area contributed by atoms with Gasteiger partial charge in [0.1, 0.15) is 36.8 Å². The number of nitrogens with one attached hydrogen (secondary N) is 2. The zero-order chi connectivity index (χ0) is 45.8. The van der Waals surface area contributed by atoms with E-state index >= 15 is 0 Å². The van der Waals surface area contributed by atoms with Gasteiger partial charge in [-0.15, -0.1) is 5.10 Å². The summed E-state index contributed by atoms with van der Waals surface area (Å²) in [5.41, 5.74) is 8.85. The van der Waals surface area contributed by atoms with Gasteiger partial charge in [0.15, 0.2) is 0 Å². The van der Waals surface area contributed by atoms with E-state index in [-0.39, 0.29) is 30.2 Å². The van der Waals surface area contributed by atoms with Crippen LogP contribution in [0.25, 0.3) is 50.3 Å². The Morgan fingerprint density at radius 2 is 1.60 bits per heavy atom. The molecular formula is C49H50N9O7+. The molecule has 0 spiro atoms. The first kappa shape index (κ1) is 43.9. The standard InChI is InChI=1S/C49H49N9O7/c1-30-25-31(2)58-19-17-40(46(58)51-30)48(60)52-34-10-7-32(8-11-34)42-29-57(54-53-42)20-22-64-24-23-63-21-18-50-47(59)33-9-14-37(41(26-33)49(61)62)45-38-15-12-35(55(3)4)27-43(38)65-44-28-36(56(5)6)13-16-39(44)45/h7-17,19,25-29H,18,20-24H2,1-6H3,(H2-,50,52,59,60,61,62)/p+1. The summed E-state index contributed by atoms with van der Waals surface area (Å²) < 4.78 is 23.4. The maximum absolute atomic E-state index is 13.2. The van der Waals surface area contributed by atoms with E-state index in [4.69, 9.17) is 13.9 Å². The number of aryl methyl sites for hydroxylation is 2. The van der Waals surface area contributed by atoms with Crippen molar-refractivity contribution >= 4 is 45.8 Å². The van der Waals surface area contributed by atoms with Crippen LogP contribution in [0.3, 0.4) is 0 Å². The molecule has 0 unspecified atom stereocenters. The SMILES string of the molecule is Cc1cc(C)n2ccc(C(=O)Nc3ccc(-c4cn(CCOCCOCCNC(=O)c5ccc(-c6c7ccc(=[N+](C)C)cc-7oc7cc(N(C)C)ccc67)c(C(=O)O)c5)nn4)cc3)c2n1. The molecule has 0 saturated heterocycles. The molecule has 3 N–H and O–H groups in total.